The first-order valence-electron chi connectivity index (χ1n) is 13.3. The smallest absolute Gasteiger partial charge is 0.264 e. The highest BCUT2D eigenvalue weighted by molar-refractivity contribution is 7.92. The lowest BCUT2D eigenvalue weighted by molar-refractivity contribution is -0.140. The van der Waals surface area contributed by atoms with Crippen LogP contribution in [0, 0.1) is 6.92 Å². The van der Waals surface area contributed by atoms with Crippen molar-refractivity contribution in [2.75, 3.05) is 25.1 Å². The Balaban J connectivity index is 2.10. The first-order valence-corrected chi connectivity index (χ1v) is 15.2. The average Bonchev–Trinajstić information content (AvgIpc) is 2.93. The molecule has 0 saturated heterocycles. The van der Waals surface area contributed by atoms with Gasteiger partial charge in [0, 0.05) is 17.1 Å². The Bertz CT molecular complexity index is 1500. The summed E-state index contributed by atoms with van der Waals surface area (Å²) >= 11 is 6.28. The number of carbonyl (C=O) groups excluding carboxylic acids is 2. The third-order valence-corrected chi connectivity index (χ3v) is 8.48. The molecule has 9 nitrogen and oxygen atoms in total. The number of methoxy groups -OCH3 is 2. The molecule has 0 fully saturated rings. The molecule has 0 bridgehead atoms. The van der Waals surface area contributed by atoms with E-state index < -0.39 is 34.1 Å². The molecule has 42 heavy (non-hydrogen) atoms. The molecule has 0 aliphatic carbocycles. The van der Waals surface area contributed by atoms with Gasteiger partial charge in [-0.1, -0.05) is 41.4 Å². The number of nitrogens with one attached hydrogen (secondary N) is 1. The predicted octanol–water partition coefficient (Wildman–Crippen LogP) is 5.19. The Hall–Kier alpha value is -3.76. The van der Waals surface area contributed by atoms with Crippen LogP contribution in [0.5, 0.6) is 11.5 Å². The van der Waals surface area contributed by atoms with Crippen LogP contribution < -0.4 is 19.1 Å². The molecule has 2 amide bonds. The van der Waals surface area contributed by atoms with Crippen LogP contribution in [0.4, 0.5) is 5.69 Å². The number of amides is 2. The number of rotatable bonds is 11. The number of anilines is 1. The number of benzene rings is 3. The van der Waals surface area contributed by atoms with Crippen LogP contribution in [0.3, 0.4) is 0 Å². The summed E-state index contributed by atoms with van der Waals surface area (Å²) in [5, 5.41) is 3.17. The maximum Gasteiger partial charge on any atom is 0.264 e. The van der Waals surface area contributed by atoms with Gasteiger partial charge in [0.1, 0.15) is 24.1 Å². The van der Waals surface area contributed by atoms with E-state index in [0.29, 0.717) is 5.75 Å². The van der Waals surface area contributed by atoms with Crippen LogP contribution in [0.15, 0.2) is 71.6 Å². The van der Waals surface area contributed by atoms with E-state index in [2.05, 4.69) is 5.32 Å². The van der Waals surface area contributed by atoms with Crippen molar-refractivity contribution in [3.8, 4) is 11.5 Å². The van der Waals surface area contributed by atoms with Crippen molar-refractivity contribution in [3.63, 3.8) is 0 Å². The van der Waals surface area contributed by atoms with Gasteiger partial charge in [-0.2, -0.15) is 0 Å². The van der Waals surface area contributed by atoms with E-state index in [1.807, 2.05) is 27.7 Å². The van der Waals surface area contributed by atoms with Crippen molar-refractivity contribution in [1.82, 2.24) is 10.2 Å². The number of ether oxygens (including phenoxy) is 2. The molecule has 3 aromatic carbocycles. The van der Waals surface area contributed by atoms with Gasteiger partial charge < -0.3 is 19.7 Å². The second-order valence-corrected chi connectivity index (χ2v) is 13.2. The predicted molar refractivity (Wildman–Crippen MR) is 165 cm³/mol. The molecular weight excluding hydrogens is 578 g/mol. The van der Waals surface area contributed by atoms with E-state index in [1.54, 1.807) is 56.5 Å². The van der Waals surface area contributed by atoms with Crippen molar-refractivity contribution in [3.05, 3.63) is 82.9 Å². The largest absolute Gasteiger partial charge is 0.497 e. The van der Waals surface area contributed by atoms with Gasteiger partial charge in [0.05, 0.1) is 24.8 Å². The second kappa shape index (κ2) is 13.5. The van der Waals surface area contributed by atoms with Crippen molar-refractivity contribution in [2.45, 2.75) is 57.6 Å². The van der Waals surface area contributed by atoms with Gasteiger partial charge >= 0.3 is 0 Å². The summed E-state index contributed by atoms with van der Waals surface area (Å²) in [4.78, 5) is 28.7. The van der Waals surface area contributed by atoms with Gasteiger partial charge in [0.2, 0.25) is 11.8 Å². The Morgan fingerprint density at radius 3 is 2.12 bits per heavy atom. The molecule has 11 heteroatoms. The monoisotopic (exact) mass is 615 g/mol. The third kappa shape index (κ3) is 8.17. The number of hydrogen-bond donors (Lipinski definition) is 1. The maximum atomic E-state index is 14.1. The Morgan fingerprint density at radius 2 is 1.57 bits per heavy atom. The van der Waals surface area contributed by atoms with Crippen LogP contribution in [0.25, 0.3) is 0 Å². The highest BCUT2D eigenvalue weighted by atomic mass is 35.5. The molecule has 226 valence electrons. The summed E-state index contributed by atoms with van der Waals surface area (Å²) in [5.41, 5.74) is 1.15. The van der Waals surface area contributed by atoms with E-state index in [4.69, 9.17) is 21.1 Å². The normalized spacial score (nSPS) is 12.3. The van der Waals surface area contributed by atoms with Crippen LogP contribution >= 0.6 is 11.6 Å². The summed E-state index contributed by atoms with van der Waals surface area (Å²) in [6, 6.07) is 17.0. The Labute approximate surface area is 253 Å². The highest BCUT2D eigenvalue weighted by Gasteiger charge is 2.34. The Morgan fingerprint density at radius 1 is 0.952 bits per heavy atom. The SMILES string of the molecule is COc1ccc(CN(C(=O)CN(c2cc(Cl)ccc2OC)S(=O)(=O)c2ccc(C)cc2)[C@@H](C)C(=O)NC(C)(C)C)cc1. The number of carbonyl (C=O) groups is 2. The molecule has 0 saturated carbocycles. The number of hydrogen-bond acceptors (Lipinski definition) is 6. The van der Waals surface area contributed by atoms with Gasteiger partial charge in [0.25, 0.3) is 10.0 Å². The topological polar surface area (TPSA) is 105 Å². The molecule has 0 aromatic heterocycles. The fraction of sp³-hybridized carbons (Fsp3) is 0.355. The lowest BCUT2D eigenvalue weighted by atomic mass is 10.1. The number of aryl methyl sites for hydroxylation is 1. The van der Waals surface area contributed by atoms with Crippen molar-refractivity contribution >= 4 is 39.1 Å². The molecule has 0 aliphatic heterocycles. The van der Waals surface area contributed by atoms with Gasteiger partial charge in [-0.15, -0.1) is 0 Å². The van der Waals surface area contributed by atoms with Gasteiger partial charge in [-0.05, 0) is 82.6 Å². The maximum absolute atomic E-state index is 14.1. The molecule has 0 unspecified atom stereocenters. The van der Waals surface area contributed by atoms with Crippen LogP contribution in [-0.2, 0) is 26.2 Å². The zero-order valence-electron chi connectivity index (χ0n) is 25.0. The summed E-state index contributed by atoms with van der Waals surface area (Å²) in [5.74, 6) is -0.126. The van der Waals surface area contributed by atoms with Crippen molar-refractivity contribution < 1.29 is 27.5 Å². The zero-order valence-corrected chi connectivity index (χ0v) is 26.5. The minimum Gasteiger partial charge on any atom is -0.497 e. The zero-order chi connectivity index (χ0) is 31.2. The highest BCUT2D eigenvalue weighted by Crippen LogP contribution is 2.35. The minimum atomic E-state index is -4.28. The van der Waals surface area contributed by atoms with E-state index in [-0.39, 0.29) is 33.8 Å². The van der Waals surface area contributed by atoms with Crippen LogP contribution in [0.2, 0.25) is 5.02 Å². The lowest BCUT2D eigenvalue weighted by Gasteiger charge is -2.33. The quantitative estimate of drug-likeness (QED) is 0.318. The van der Waals surface area contributed by atoms with Gasteiger partial charge in [-0.25, -0.2) is 8.42 Å². The minimum absolute atomic E-state index is 0.0110. The van der Waals surface area contributed by atoms with Crippen LogP contribution in [0.1, 0.15) is 38.8 Å². The first kappa shape index (κ1) is 32.8. The standard InChI is InChI=1S/C31H38ClN3O6S/c1-21-8-15-26(16-9-21)42(38,39)35(27-18-24(32)12-17-28(27)41-7)20-29(36)34(22(2)30(37)33-31(3,4)5)19-23-10-13-25(40-6)14-11-23/h8-18,22H,19-20H2,1-7H3,(H,33,37)/t22-/m0/s1. The fourth-order valence-electron chi connectivity index (χ4n) is 4.19. The molecule has 3 aromatic rings. The summed E-state index contributed by atoms with van der Waals surface area (Å²) in [6.07, 6.45) is 0. The summed E-state index contributed by atoms with van der Waals surface area (Å²) in [6.45, 7) is 8.42. The summed E-state index contributed by atoms with van der Waals surface area (Å²) in [7, 11) is -1.32. The molecular formula is C31H38ClN3O6S. The molecule has 1 N–H and O–H groups in total. The molecule has 0 aliphatic rings. The average molecular weight is 616 g/mol. The van der Waals surface area contributed by atoms with E-state index in [0.717, 1.165) is 15.4 Å². The van der Waals surface area contributed by atoms with Gasteiger partial charge in [0.15, 0.2) is 0 Å². The van der Waals surface area contributed by atoms with Crippen LogP contribution in [-0.4, -0.2) is 57.5 Å². The number of sulfonamides is 1. The molecule has 3 rings (SSSR count). The summed E-state index contributed by atoms with van der Waals surface area (Å²) < 4.78 is 39.8. The van der Waals surface area contributed by atoms with Gasteiger partial charge in [-0.3, -0.25) is 13.9 Å². The molecule has 0 radical (unpaired) electrons. The van der Waals surface area contributed by atoms with E-state index in [1.165, 1.54) is 36.3 Å². The first-order chi connectivity index (χ1) is 19.7. The van der Waals surface area contributed by atoms with E-state index in [9.17, 15) is 18.0 Å². The van der Waals surface area contributed by atoms with Crippen molar-refractivity contribution in [1.29, 1.82) is 0 Å². The number of nitrogens with zero attached hydrogens (tertiary/aromatic N) is 2. The lowest BCUT2D eigenvalue weighted by Crippen LogP contribution is -2.54. The van der Waals surface area contributed by atoms with Crippen molar-refractivity contribution in [2.24, 2.45) is 0 Å². The fourth-order valence-corrected chi connectivity index (χ4v) is 5.78. The molecule has 0 spiro atoms. The second-order valence-electron chi connectivity index (χ2n) is 10.9. The Kier molecular flexibility index (Phi) is 10.5. The molecule has 0 heterocycles. The third-order valence-electron chi connectivity index (χ3n) is 6.47. The molecule has 1 atom stereocenters. The van der Waals surface area contributed by atoms with E-state index >= 15 is 0 Å². The number of halogens is 1.